The van der Waals surface area contributed by atoms with Crippen LogP contribution in [0.15, 0.2) is 53.4 Å². The van der Waals surface area contributed by atoms with Crippen LogP contribution in [0.3, 0.4) is 0 Å². The van der Waals surface area contributed by atoms with E-state index in [9.17, 15) is 22.8 Å². The molecule has 1 aliphatic carbocycles. The summed E-state index contributed by atoms with van der Waals surface area (Å²) < 4.78 is 29.1. The van der Waals surface area contributed by atoms with E-state index in [1.54, 1.807) is 29.2 Å². The van der Waals surface area contributed by atoms with E-state index < -0.39 is 22.4 Å². The normalized spacial score (nSPS) is 18.6. The van der Waals surface area contributed by atoms with Gasteiger partial charge in [0.1, 0.15) is 0 Å². The van der Waals surface area contributed by atoms with Gasteiger partial charge in [0.2, 0.25) is 5.91 Å². The van der Waals surface area contributed by atoms with Crippen LogP contribution < -0.4 is 5.32 Å². The minimum atomic E-state index is -3.13. The number of carbonyl (C=O) groups excluding carboxylic acids is 3. The topological polar surface area (TPSA) is 110 Å². The SMILES string of the molecule is Cc1ccc(NC(=O)CSc2ccccc2C(=O)OCC(=O)N(C2CC2)[C@@H]2CCS(=O)(=O)C2)cc1. The Morgan fingerprint density at radius 3 is 2.40 bits per heavy atom. The van der Waals surface area contributed by atoms with E-state index in [-0.39, 0.29) is 46.7 Å². The summed E-state index contributed by atoms with van der Waals surface area (Å²) in [5, 5.41) is 2.82. The Balaban J connectivity index is 1.33. The molecule has 1 saturated carbocycles. The van der Waals surface area contributed by atoms with Gasteiger partial charge in [-0.25, -0.2) is 13.2 Å². The van der Waals surface area contributed by atoms with Gasteiger partial charge in [0.05, 0.1) is 22.8 Å². The number of nitrogens with zero attached hydrogens (tertiary/aromatic N) is 1. The molecular weight excluding hydrogens is 488 g/mol. The van der Waals surface area contributed by atoms with Crippen molar-refractivity contribution in [1.29, 1.82) is 0 Å². The third-order valence-electron chi connectivity index (χ3n) is 5.96. The molecule has 1 aliphatic heterocycles. The molecular formula is C25H28N2O6S2. The number of esters is 1. The Bertz CT molecular complexity index is 1210. The van der Waals surface area contributed by atoms with Gasteiger partial charge in [-0.2, -0.15) is 0 Å². The molecule has 2 aromatic carbocycles. The second-order valence-corrected chi connectivity index (χ2v) is 12.1. The molecule has 0 unspecified atom stereocenters. The lowest BCUT2D eigenvalue weighted by Crippen LogP contribution is -2.44. The lowest BCUT2D eigenvalue weighted by Gasteiger charge is -2.28. The fraction of sp³-hybridized carbons (Fsp3) is 0.400. The van der Waals surface area contributed by atoms with Crippen LogP contribution in [0.4, 0.5) is 5.69 Å². The summed E-state index contributed by atoms with van der Waals surface area (Å²) in [6, 6.07) is 13.9. The highest BCUT2D eigenvalue weighted by Crippen LogP contribution is 2.32. The summed E-state index contributed by atoms with van der Waals surface area (Å²) in [6.45, 7) is 1.52. The molecule has 0 aromatic heterocycles. The van der Waals surface area contributed by atoms with Crippen LogP contribution >= 0.6 is 11.8 Å². The van der Waals surface area contributed by atoms with Gasteiger partial charge in [-0.3, -0.25) is 9.59 Å². The highest BCUT2D eigenvalue weighted by molar-refractivity contribution is 8.00. The number of thioether (sulfide) groups is 1. The lowest BCUT2D eigenvalue weighted by molar-refractivity contribution is -0.137. The predicted molar refractivity (Wildman–Crippen MR) is 134 cm³/mol. The monoisotopic (exact) mass is 516 g/mol. The predicted octanol–water partition coefficient (Wildman–Crippen LogP) is 3.06. The minimum Gasteiger partial charge on any atom is -0.452 e. The van der Waals surface area contributed by atoms with Gasteiger partial charge in [0.25, 0.3) is 5.91 Å². The first-order valence-electron chi connectivity index (χ1n) is 11.5. The Kier molecular flexibility index (Phi) is 7.81. The van der Waals surface area contributed by atoms with Crippen molar-refractivity contribution in [3.63, 3.8) is 0 Å². The van der Waals surface area contributed by atoms with Gasteiger partial charge in [0, 0.05) is 22.7 Å². The van der Waals surface area contributed by atoms with Crippen LogP contribution in [0.5, 0.6) is 0 Å². The molecule has 1 N–H and O–H groups in total. The molecule has 2 aromatic rings. The van der Waals surface area contributed by atoms with Crippen molar-refractivity contribution in [3.05, 3.63) is 59.7 Å². The number of ether oxygens (including phenoxy) is 1. The van der Waals surface area contributed by atoms with Crippen LogP contribution in [0.25, 0.3) is 0 Å². The Morgan fingerprint density at radius 2 is 1.74 bits per heavy atom. The second-order valence-electron chi connectivity index (χ2n) is 8.86. The quantitative estimate of drug-likeness (QED) is 0.403. The van der Waals surface area contributed by atoms with E-state index in [0.29, 0.717) is 17.0 Å². The molecule has 1 saturated heterocycles. The van der Waals surface area contributed by atoms with Crippen molar-refractivity contribution in [2.75, 3.05) is 29.2 Å². The number of sulfone groups is 1. The number of amides is 2. The number of anilines is 1. The summed E-state index contributed by atoms with van der Waals surface area (Å²) in [4.78, 5) is 40.1. The molecule has 0 radical (unpaired) electrons. The fourth-order valence-electron chi connectivity index (χ4n) is 4.07. The van der Waals surface area contributed by atoms with E-state index in [0.717, 1.165) is 18.4 Å². The lowest BCUT2D eigenvalue weighted by atomic mass is 10.2. The molecule has 10 heteroatoms. The smallest absolute Gasteiger partial charge is 0.339 e. The van der Waals surface area contributed by atoms with Crippen molar-refractivity contribution < 1.29 is 27.5 Å². The molecule has 2 fully saturated rings. The number of nitrogens with one attached hydrogen (secondary N) is 1. The molecule has 4 rings (SSSR count). The zero-order valence-corrected chi connectivity index (χ0v) is 21.1. The van der Waals surface area contributed by atoms with Crippen LogP contribution in [-0.4, -0.2) is 67.1 Å². The van der Waals surface area contributed by atoms with E-state index in [2.05, 4.69) is 5.32 Å². The molecule has 0 bridgehead atoms. The maximum atomic E-state index is 12.8. The Hall–Kier alpha value is -2.85. The number of rotatable bonds is 9. The van der Waals surface area contributed by atoms with E-state index in [1.807, 2.05) is 31.2 Å². The van der Waals surface area contributed by atoms with Gasteiger partial charge in [-0.15, -0.1) is 11.8 Å². The highest BCUT2D eigenvalue weighted by atomic mass is 32.2. The summed E-state index contributed by atoms with van der Waals surface area (Å²) >= 11 is 1.21. The molecule has 0 spiro atoms. The van der Waals surface area contributed by atoms with Crippen molar-refractivity contribution in [2.24, 2.45) is 0 Å². The number of carbonyl (C=O) groups is 3. The van der Waals surface area contributed by atoms with Crippen LogP contribution in [0.2, 0.25) is 0 Å². The number of aryl methyl sites for hydroxylation is 1. The average molecular weight is 517 g/mol. The van der Waals surface area contributed by atoms with Gasteiger partial charge in [-0.05, 0) is 50.5 Å². The number of hydrogen-bond donors (Lipinski definition) is 1. The maximum absolute atomic E-state index is 12.8. The number of benzene rings is 2. The van der Waals surface area contributed by atoms with Crippen LogP contribution in [0, 0.1) is 6.92 Å². The van der Waals surface area contributed by atoms with Crippen molar-refractivity contribution in [3.8, 4) is 0 Å². The van der Waals surface area contributed by atoms with E-state index in [4.69, 9.17) is 4.74 Å². The van der Waals surface area contributed by atoms with Gasteiger partial charge in [0.15, 0.2) is 16.4 Å². The minimum absolute atomic E-state index is 0.0226. The number of hydrogen-bond acceptors (Lipinski definition) is 7. The summed E-state index contributed by atoms with van der Waals surface area (Å²) in [7, 11) is -3.13. The first-order valence-corrected chi connectivity index (χ1v) is 14.3. The zero-order valence-electron chi connectivity index (χ0n) is 19.4. The largest absolute Gasteiger partial charge is 0.452 e. The molecule has 2 amide bonds. The Labute approximate surface area is 209 Å². The van der Waals surface area contributed by atoms with Crippen LogP contribution in [-0.2, 0) is 24.2 Å². The maximum Gasteiger partial charge on any atom is 0.339 e. The van der Waals surface area contributed by atoms with Gasteiger partial charge >= 0.3 is 5.97 Å². The molecule has 35 heavy (non-hydrogen) atoms. The summed E-state index contributed by atoms with van der Waals surface area (Å²) in [6.07, 6.45) is 2.09. The second kappa shape index (κ2) is 10.8. The van der Waals surface area contributed by atoms with Gasteiger partial charge < -0.3 is 15.0 Å². The van der Waals surface area contributed by atoms with Crippen molar-refractivity contribution >= 4 is 45.1 Å². The van der Waals surface area contributed by atoms with Crippen molar-refractivity contribution in [1.82, 2.24) is 4.90 Å². The van der Waals surface area contributed by atoms with Gasteiger partial charge in [-0.1, -0.05) is 29.8 Å². The third-order valence-corrected chi connectivity index (χ3v) is 8.78. The van der Waals surface area contributed by atoms with Crippen LogP contribution in [0.1, 0.15) is 35.2 Å². The fourth-order valence-corrected chi connectivity index (χ4v) is 6.62. The van der Waals surface area contributed by atoms with E-state index in [1.165, 1.54) is 11.8 Å². The molecule has 1 atom stereocenters. The summed E-state index contributed by atoms with van der Waals surface area (Å²) in [5.74, 6) is -1.09. The summed E-state index contributed by atoms with van der Waals surface area (Å²) in [5.41, 5.74) is 2.06. The zero-order chi connectivity index (χ0) is 25.0. The molecule has 2 aliphatic rings. The standard InChI is InChI=1S/C25H28N2O6S2/c1-17-6-8-18(9-7-17)26-23(28)15-34-22-5-3-2-4-21(22)25(30)33-14-24(29)27(19-10-11-19)20-12-13-35(31,32)16-20/h2-9,19-20H,10-16H2,1H3,(H,26,28)/t20-/m1/s1. The average Bonchev–Trinajstić information content (AvgIpc) is 3.60. The third kappa shape index (κ3) is 6.85. The van der Waals surface area contributed by atoms with Crippen molar-refractivity contribution in [2.45, 2.75) is 43.2 Å². The molecule has 186 valence electrons. The van der Waals surface area contributed by atoms with E-state index >= 15 is 0 Å². The molecule has 8 nitrogen and oxygen atoms in total. The first kappa shape index (κ1) is 25.2. The highest BCUT2D eigenvalue weighted by Gasteiger charge is 2.42. The molecule has 1 heterocycles. The first-order chi connectivity index (χ1) is 16.7. The Morgan fingerprint density at radius 1 is 1.03 bits per heavy atom.